The number of carbonyl (C=O) groups is 1. The lowest BCUT2D eigenvalue weighted by molar-refractivity contribution is -0.384. The van der Waals surface area contributed by atoms with Crippen LogP contribution in [-0.4, -0.2) is 15.9 Å². The monoisotopic (exact) mass is 402 g/mol. The van der Waals surface area contributed by atoms with Gasteiger partial charge in [-0.1, -0.05) is 17.7 Å². The van der Waals surface area contributed by atoms with Crippen molar-refractivity contribution in [3.63, 3.8) is 0 Å². The first-order valence-electron chi connectivity index (χ1n) is 7.94. The van der Waals surface area contributed by atoms with E-state index in [2.05, 4.69) is 16.0 Å². The number of nitro groups is 1. The highest BCUT2D eigenvalue weighted by atomic mass is 35.5. The van der Waals surface area contributed by atoms with E-state index in [0.717, 1.165) is 0 Å². The largest absolute Gasteiger partial charge is 0.351 e. The molecule has 9 heteroatoms. The molecule has 0 radical (unpaired) electrons. The van der Waals surface area contributed by atoms with Crippen LogP contribution in [0.1, 0.15) is 18.5 Å². The standard InChI is InChI=1S/C18H15ClN4O3S/c1-10-15(17(24)21-13-4-2-3-12(19)9-13)16(22-18(27)20-10)11-5-7-14(8-6-11)23(25)26/h2-9,16H,1H3,(H,21,24)(H2,20,22,27)/t16-/m0/s1. The number of nitrogens with one attached hydrogen (secondary N) is 3. The summed E-state index contributed by atoms with van der Waals surface area (Å²) in [5.74, 6) is -0.333. The fourth-order valence-corrected chi connectivity index (χ4v) is 3.26. The van der Waals surface area contributed by atoms with Gasteiger partial charge in [0.05, 0.1) is 16.5 Å². The highest BCUT2D eigenvalue weighted by Gasteiger charge is 2.30. The molecule has 0 saturated heterocycles. The van der Waals surface area contributed by atoms with E-state index in [0.29, 0.717) is 32.7 Å². The van der Waals surface area contributed by atoms with Gasteiger partial charge in [0.25, 0.3) is 11.6 Å². The predicted molar refractivity (Wildman–Crippen MR) is 107 cm³/mol. The van der Waals surface area contributed by atoms with Crippen LogP contribution in [0.25, 0.3) is 0 Å². The minimum absolute atomic E-state index is 0.0270. The van der Waals surface area contributed by atoms with E-state index < -0.39 is 11.0 Å². The highest BCUT2D eigenvalue weighted by Crippen LogP contribution is 2.29. The molecule has 0 spiro atoms. The van der Waals surface area contributed by atoms with Crippen LogP contribution in [0.5, 0.6) is 0 Å². The molecular formula is C18H15ClN4O3S. The molecule has 1 heterocycles. The fourth-order valence-electron chi connectivity index (χ4n) is 2.80. The maximum atomic E-state index is 12.9. The number of carbonyl (C=O) groups excluding carboxylic acids is 1. The Morgan fingerprint density at radius 3 is 2.59 bits per heavy atom. The van der Waals surface area contributed by atoms with E-state index in [-0.39, 0.29) is 11.6 Å². The molecule has 0 aromatic heterocycles. The van der Waals surface area contributed by atoms with Crippen molar-refractivity contribution in [2.24, 2.45) is 0 Å². The van der Waals surface area contributed by atoms with Gasteiger partial charge >= 0.3 is 0 Å². The van der Waals surface area contributed by atoms with Crippen molar-refractivity contribution in [1.82, 2.24) is 10.6 Å². The average Bonchev–Trinajstić information content (AvgIpc) is 2.61. The van der Waals surface area contributed by atoms with Crippen molar-refractivity contribution in [3.05, 3.63) is 80.5 Å². The summed E-state index contributed by atoms with van der Waals surface area (Å²) in [5.41, 5.74) is 2.24. The summed E-state index contributed by atoms with van der Waals surface area (Å²) in [6, 6.07) is 12.3. The van der Waals surface area contributed by atoms with Gasteiger partial charge in [-0.15, -0.1) is 0 Å². The Kier molecular flexibility index (Phi) is 5.38. The first-order chi connectivity index (χ1) is 12.8. The Labute approximate surface area is 165 Å². The molecule has 0 unspecified atom stereocenters. The van der Waals surface area contributed by atoms with E-state index in [4.69, 9.17) is 23.8 Å². The topological polar surface area (TPSA) is 96.3 Å². The minimum Gasteiger partial charge on any atom is -0.351 e. The third-order valence-electron chi connectivity index (χ3n) is 4.03. The van der Waals surface area contributed by atoms with Gasteiger partial charge in [0.1, 0.15) is 0 Å². The minimum atomic E-state index is -0.543. The van der Waals surface area contributed by atoms with E-state index in [9.17, 15) is 14.9 Å². The van der Waals surface area contributed by atoms with Crippen LogP contribution in [0.4, 0.5) is 11.4 Å². The van der Waals surface area contributed by atoms with Gasteiger partial charge in [-0.2, -0.15) is 0 Å². The van der Waals surface area contributed by atoms with Crippen LogP contribution < -0.4 is 16.0 Å². The van der Waals surface area contributed by atoms with Crippen molar-refractivity contribution < 1.29 is 9.72 Å². The molecule has 138 valence electrons. The van der Waals surface area contributed by atoms with Gasteiger partial charge in [0, 0.05) is 28.5 Å². The van der Waals surface area contributed by atoms with Gasteiger partial charge in [-0.3, -0.25) is 14.9 Å². The van der Waals surface area contributed by atoms with Crippen LogP contribution in [0.3, 0.4) is 0 Å². The number of allylic oxidation sites excluding steroid dienone is 1. The van der Waals surface area contributed by atoms with Crippen LogP contribution in [0.2, 0.25) is 5.02 Å². The third-order valence-corrected chi connectivity index (χ3v) is 4.49. The molecule has 27 heavy (non-hydrogen) atoms. The lowest BCUT2D eigenvalue weighted by atomic mass is 9.94. The van der Waals surface area contributed by atoms with Gasteiger partial charge in [-0.25, -0.2) is 0 Å². The maximum absolute atomic E-state index is 12.9. The van der Waals surface area contributed by atoms with E-state index in [1.54, 1.807) is 43.3 Å². The van der Waals surface area contributed by atoms with Gasteiger partial charge < -0.3 is 16.0 Å². The number of nitrogens with zero attached hydrogens (tertiary/aromatic N) is 1. The van der Waals surface area contributed by atoms with Crippen molar-refractivity contribution >= 4 is 46.2 Å². The number of hydrogen-bond acceptors (Lipinski definition) is 4. The summed E-state index contributed by atoms with van der Waals surface area (Å²) < 4.78 is 0. The smallest absolute Gasteiger partial charge is 0.269 e. The second-order valence-electron chi connectivity index (χ2n) is 5.88. The maximum Gasteiger partial charge on any atom is 0.269 e. The summed E-state index contributed by atoms with van der Waals surface area (Å²) in [7, 11) is 0. The highest BCUT2D eigenvalue weighted by molar-refractivity contribution is 7.80. The Morgan fingerprint density at radius 2 is 1.96 bits per heavy atom. The molecule has 2 aromatic rings. The van der Waals surface area contributed by atoms with Crippen molar-refractivity contribution in [3.8, 4) is 0 Å². The molecule has 2 aromatic carbocycles. The number of amides is 1. The Hall–Kier alpha value is -2.97. The predicted octanol–water partition coefficient (Wildman–Crippen LogP) is 3.68. The molecule has 3 rings (SSSR count). The van der Waals surface area contributed by atoms with Crippen LogP contribution in [-0.2, 0) is 4.79 Å². The van der Waals surface area contributed by atoms with E-state index in [1.807, 2.05) is 0 Å². The number of anilines is 1. The van der Waals surface area contributed by atoms with Crippen LogP contribution in [0, 0.1) is 10.1 Å². The summed E-state index contributed by atoms with van der Waals surface area (Å²) >= 11 is 11.2. The van der Waals surface area contributed by atoms with Gasteiger partial charge in [-0.05, 0) is 55.0 Å². The number of thiocarbonyl (C=S) groups is 1. The lowest BCUT2D eigenvalue weighted by Crippen LogP contribution is -2.45. The van der Waals surface area contributed by atoms with Crippen molar-refractivity contribution in [1.29, 1.82) is 0 Å². The number of nitro benzene ring substituents is 1. The number of rotatable bonds is 4. The summed E-state index contributed by atoms with van der Waals surface area (Å²) in [4.78, 5) is 23.3. The molecule has 0 aliphatic carbocycles. The summed E-state index contributed by atoms with van der Waals surface area (Å²) in [6.07, 6.45) is 0. The number of non-ortho nitro benzene ring substituents is 1. The first-order valence-corrected chi connectivity index (χ1v) is 8.73. The van der Waals surface area contributed by atoms with Gasteiger partial charge in [0.15, 0.2) is 5.11 Å². The molecule has 0 bridgehead atoms. The zero-order valence-corrected chi connectivity index (χ0v) is 15.7. The molecular weight excluding hydrogens is 388 g/mol. The molecule has 1 aliphatic rings. The molecule has 0 saturated carbocycles. The molecule has 1 amide bonds. The molecule has 3 N–H and O–H groups in total. The average molecular weight is 403 g/mol. The zero-order chi connectivity index (χ0) is 19.6. The SMILES string of the molecule is CC1=C(C(=O)Nc2cccc(Cl)c2)[C@H](c2ccc([N+](=O)[O-])cc2)NC(=S)N1. The molecule has 1 aliphatic heterocycles. The lowest BCUT2D eigenvalue weighted by Gasteiger charge is -2.30. The number of halogens is 1. The molecule has 7 nitrogen and oxygen atoms in total. The van der Waals surface area contributed by atoms with Crippen LogP contribution in [0.15, 0.2) is 59.8 Å². The Bertz CT molecular complexity index is 959. The third kappa shape index (κ3) is 4.24. The molecule has 0 fully saturated rings. The zero-order valence-electron chi connectivity index (χ0n) is 14.2. The van der Waals surface area contributed by atoms with Gasteiger partial charge in [0.2, 0.25) is 0 Å². The quantitative estimate of drug-likeness (QED) is 0.410. The van der Waals surface area contributed by atoms with Crippen molar-refractivity contribution in [2.45, 2.75) is 13.0 Å². The van der Waals surface area contributed by atoms with E-state index in [1.165, 1.54) is 12.1 Å². The normalized spacial score (nSPS) is 16.4. The second kappa shape index (κ2) is 7.73. The number of hydrogen-bond donors (Lipinski definition) is 3. The van der Waals surface area contributed by atoms with Crippen molar-refractivity contribution in [2.75, 3.05) is 5.32 Å². The Morgan fingerprint density at radius 1 is 1.26 bits per heavy atom. The van der Waals surface area contributed by atoms with E-state index >= 15 is 0 Å². The summed E-state index contributed by atoms with van der Waals surface area (Å²) in [5, 5.41) is 20.5. The Balaban J connectivity index is 1.93. The summed E-state index contributed by atoms with van der Waals surface area (Å²) in [6.45, 7) is 1.75. The fraction of sp³-hybridized carbons (Fsp3) is 0.111. The second-order valence-corrected chi connectivity index (χ2v) is 6.73. The van der Waals surface area contributed by atoms with Crippen LogP contribution >= 0.6 is 23.8 Å². The number of benzene rings is 2. The first kappa shape index (κ1) is 18.8. The molecule has 1 atom stereocenters.